The molecule has 0 saturated heterocycles. The van der Waals surface area contributed by atoms with Crippen LogP contribution in [0.5, 0.6) is 0 Å². The highest BCUT2D eigenvalue weighted by Crippen LogP contribution is 2.27. The van der Waals surface area contributed by atoms with E-state index in [2.05, 4.69) is 28.2 Å². The monoisotopic (exact) mass is 247 g/mol. The highest BCUT2D eigenvalue weighted by molar-refractivity contribution is 9.09. The van der Waals surface area contributed by atoms with Gasteiger partial charge in [-0.2, -0.15) is 0 Å². The van der Waals surface area contributed by atoms with Gasteiger partial charge in [0.1, 0.15) is 0 Å². The number of alkyl halides is 1. The van der Waals surface area contributed by atoms with Gasteiger partial charge in [0, 0.05) is 17.8 Å². The molecule has 0 spiro atoms. The molecule has 0 heterocycles. The van der Waals surface area contributed by atoms with E-state index in [9.17, 15) is 4.79 Å². The second kappa shape index (κ2) is 5.63. The van der Waals surface area contributed by atoms with Crippen molar-refractivity contribution in [2.24, 2.45) is 5.92 Å². The van der Waals surface area contributed by atoms with Crippen molar-refractivity contribution in [3.8, 4) is 0 Å². The average Bonchev–Trinajstić information content (AvgIpc) is 2.55. The van der Waals surface area contributed by atoms with Crippen molar-refractivity contribution in [1.29, 1.82) is 0 Å². The summed E-state index contributed by atoms with van der Waals surface area (Å²) < 4.78 is 0. The molecule has 0 aromatic carbocycles. The number of hydrogen-bond acceptors (Lipinski definition) is 1. The summed E-state index contributed by atoms with van der Waals surface area (Å²) >= 11 is 3.26. The lowest BCUT2D eigenvalue weighted by atomic mass is 10.00. The Labute approximate surface area is 88.6 Å². The third-order valence-electron chi connectivity index (χ3n) is 2.82. The summed E-state index contributed by atoms with van der Waals surface area (Å²) in [6.07, 6.45) is 5.84. The van der Waals surface area contributed by atoms with Crippen molar-refractivity contribution in [3.63, 3.8) is 0 Å². The molecule has 0 bridgehead atoms. The van der Waals surface area contributed by atoms with E-state index in [0.29, 0.717) is 12.5 Å². The fourth-order valence-corrected chi connectivity index (χ4v) is 2.35. The van der Waals surface area contributed by atoms with Gasteiger partial charge in [0.05, 0.1) is 0 Å². The van der Waals surface area contributed by atoms with Gasteiger partial charge in [-0.25, -0.2) is 0 Å². The predicted molar refractivity (Wildman–Crippen MR) is 58.0 cm³/mol. The van der Waals surface area contributed by atoms with Gasteiger partial charge in [-0.05, 0) is 25.7 Å². The lowest BCUT2D eigenvalue weighted by molar-refractivity contribution is -0.121. The molecule has 1 aliphatic rings. The molecule has 0 aromatic rings. The van der Waals surface area contributed by atoms with E-state index in [1.54, 1.807) is 0 Å². The van der Waals surface area contributed by atoms with Crippen LogP contribution in [0.3, 0.4) is 0 Å². The van der Waals surface area contributed by atoms with Crippen molar-refractivity contribution in [1.82, 2.24) is 5.32 Å². The van der Waals surface area contributed by atoms with Gasteiger partial charge in [0.2, 0.25) is 5.91 Å². The molecule has 0 aromatic heterocycles. The summed E-state index contributed by atoms with van der Waals surface area (Å²) in [5.74, 6) is 0.899. The van der Waals surface area contributed by atoms with Crippen LogP contribution in [0.4, 0.5) is 0 Å². The molecule has 1 saturated carbocycles. The van der Waals surface area contributed by atoms with Crippen LogP contribution < -0.4 is 5.32 Å². The van der Waals surface area contributed by atoms with E-state index in [1.165, 1.54) is 25.7 Å². The molecule has 13 heavy (non-hydrogen) atoms. The maximum Gasteiger partial charge on any atom is 0.221 e. The standard InChI is InChI=1S/C10H18BrNO/c1-8(9-4-2-3-5-9)12-10(13)6-7-11/h8-9H,2-7H2,1H3,(H,12,13)/t8-/m0/s1. The van der Waals surface area contributed by atoms with Crippen LogP contribution >= 0.6 is 15.9 Å². The molecule has 0 aliphatic heterocycles. The first-order valence-corrected chi connectivity index (χ1v) is 6.21. The molecular weight excluding hydrogens is 230 g/mol. The zero-order valence-corrected chi connectivity index (χ0v) is 9.77. The average molecular weight is 248 g/mol. The van der Waals surface area contributed by atoms with Crippen LogP contribution in [-0.2, 0) is 4.79 Å². The van der Waals surface area contributed by atoms with Crippen LogP contribution in [0.2, 0.25) is 0 Å². The Morgan fingerprint density at radius 2 is 2.15 bits per heavy atom. The van der Waals surface area contributed by atoms with Crippen LogP contribution in [0.1, 0.15) is 39.0 Å². The topological polar surface area (TPSA) is 29.1 Å². The zero-order valence-electron chi connectivity index (χ0n) is 8.18. The Kier molecular flexibility index (Phi) is 4.78. The number of amides is 1. The van der Waals surface area contributed by atoms with E-state index in [4.69, 9.17) is 0 Å². The van der Waals surface area contributed by atoms with Crippen molar-refractivity contribution in [3.05, 3.63) is 0 Å². The van der Waals surface area contributed by atoms with Gasteiger partial charge in [-0.3, -0.25) is 4.79 Å². The SMILES string of the molecule is C[C@H](NC(=O)CCBr)C1CCCC1. The van der Waals surface area contributed by atoms with Gasteiger partial charge in [-0.1, -0.05) is 28.8 Å². The maximum atomic E-state index is 11.3. The minimum atomic E-state index is 0.177. The van der Waals surface area contributed by atoms with Crippen molar-refractivity contribution >= 4 is 21.8 Å². The number of hydrogen-bond donors (Lipinski definition) is 1. The Balaban J connectivity index is 2.22. The number of nitrogens with one attached hydrogen (secondary N) is 1. The van der Waals surface area contributed by atoms with E-state index in [0.717, 1.165) is 11.2 Å². The van der Waals surface area contributed by atoms with Crippen molar-refractivity contribution < 1.29 is 4.79 Å². The third-order valence-corrected chi connectivity index (χ3v) is 3.21. The van der Waals surface area contributed by atoms with Gasteiger partial charge < -0.3 is 5.32 Å². The summed E-state index contributed by atoms with van der Waals surface area (Å²) in [4.78, 5) is 11.3. The number of carbonyl (C=O) groups excluding carboxylic acids is 1. The van der Waals surface area contributed by atoms with E-state index >= 15 is 0 Å². The summed E-state index contributed by atoms with van der Waals surface area (Å²) in [5, 5.41) is 3.81. The minimum absolute atomic E-state index is 0.177. The third kappa shape index (κ3) is 3.67. The molecule has 1 rings (SSSR count). The molecule has 1 N–H and O–H groups in total. The predicted octanol–water partition coefficient (Wildman–Crippen LogP) is 2.47. The minimum Gasteiger partial charge on any atom is -0.353 e. The van der Waals surface area contributed by atoms with Crippen molar-refractivity contribution in [2.45, 2.75) is 45.1 Å². The molecule has 0 radical (unpaired) electrons. The molecule has 1 atom stereocenters. The molecule has 1 fully saturated rings. The quantitative estimate of drug-likeness (QED) is 0.761. The highest BCUT2D eigenvalue weighted by atomic mass is 79.9. The summed E-state index contributed by atoms with van der Waals surface area (Å²) in [5.41, 5.74) is 0. The number of carbonyl (C=O) groups is 1. The Hall–Kier alpha value is -0.0500. The highest BCUT2D eigenvalue weighted by Gasteiger charge is 2.22. The fourth-order valence-electron chi connectivity index (χ4n) is 1.99. The van der Waals surface area contributed by atoms with Crippen LogP contribution in [0.25, 0.3) is 0 Å². The van der Waals surface area contributed by atoms with E-state index in [-0.39, 0.29) is 5.91 Å². The van der Waals surface area contributed by atoms with Crippen LogP contribution in [0, 0.1) is 5.92 Å². The van der Waals surface area contributed by atoms with E-state index < -0.39 is 0 Å². The molecule has 3 heteroatoms. The first-order valence-electron chi connectivity index (χ1n) is 5.09. The van der Waals surface area contributed by atoms with Crippen LogP contribution in [0.15, 0.2) is 0 Å². The molecule has 2 nitrogen and oxygen atoms in total. The van der Waals surface area contributed by atoms with Crippen molar-refractivity contribution in [2.75, 3.05) is 5.33 Å². The zero-order chi connectivity index (χ0) is 9.68. The molecule has 1 amide bonds. The largest absolute Gasteiger partial charge is 0.353 e. The number of rotatable bonds is 4. The molecule has 1 aliphatic carbocycles. The Bertz CT molecular complexity index is 166. The Morgan fingerprint density at radius 3 is 2.69 bits per heavy atom. The molecule has 0 unspecified atom stereocenters. The van der Waals surface area contributed by atoms with Gasteiger partial charge in [-0.15, -0.1) is 0 Å². The maximum absolute atomic E-state index is 11.3. The van der Waals surface area contributed by atoms with Gasteiger partial charge in [0.25, 0.3) is 0 Å². The first kappa shape index (κ1) is 11.0. The first-order chi connectivity index (χ1) is 6.24. The fraction of sp³-hybridized carbons (Fsp3) is 0.900. The summed E-state index contributed by atoms with van der Waals surface area (Å²) in [6.45, 7) is 2.13. The van der Waals surface area contributed by atoms with Crippen LogP contribution in [-0.4, -0.2) is 17.3 Å². The second-order valence-electron chi connectivity index (χ2n) is 3.84. The number of halogens is 1. The lowest BCUT2D eigenvalue weighted by Crippen LogP contribution is -2.37. The normalized spacial score (nSPS) is 20.2. The summed E-state index contributed by atoms with van der Waals surface area (Å²) in [6, 6.07) is 0.369. The smallest absolute Gasteiger partial charge is 0.221 e. The lowest BCUT2D eigenvalue weighted by Gasteiger charge is -2.19. The van der Waals surface area contributed by atoms with E-state index in [1.807, 2.05) is 0 Å². The molecular formula is C10H18BrNO. The summed E-state index contributed by atoms with van der Waals surface area (Å²) in [7, 11) is 0. The molecule has 76 valence electrons. The van der Waals surface area contributed by atoms with Gasteiger partial charge >= 0.3 is 0 Å². The second-order valence-corrected chi connectivity index (χ2v) is 4.63. The van der Waals surface area contributed by atoms with Gasteiger partial charge in [0.15, 0.2) is 0 Å². The Morgan fingerprint density at radius 1 is 1.54 bits per heavy atom.